The van der Waals surface area contributed by atoms with Crippen LogP contribution in [0.4, 0.5) is 0 Å². The summed E-state index contributed by atoms with van der Waals surface area (Å²) in [4.78, 5) is 9.28. The van der Waals surface area contributed by atoms with E-state index in [9.17, 15) is 0 Å². The molecule has 0 bridgehead atoms. The van der Waals surface area contributed by atoms with Crippen molar-refractivity contribution in [2.75, 3.05) is 7.05 Å². The van der Waals surface area contributed by atoms with Crippen LogP contribution in [0.25, 0.3) is 11.4 Å². The van der Waals surface area contributed by atoms with Crippen LogP contribution in [-0.2, 0) is 6.42 Å². The number of nitrogens with one attached hydrogen (secondary N) is 1. The molecule has 5 heteroatoms. The second-order valence-corrected chi connectivity index (χ2v) is 6.13. The summed E-state index contributed by atoms with van der Waals surface area (Å²) in [6.45, 7) is 0. The third-order valence-electron chi connectivity index (χ3n) is 3.96. The Morgan fingerprint density at radius 2 is 2.05 bits per heavy atom. The number of aryl methyl sites for hydroxylation is 1. The molecule has 110 valence electrons. The minimum atomic E-state index is 0.352. The van der Waals surface area contributed by atoms with Crippen molar-refractivity contribution >= 4 is 23.2 Å². The van der Waals surface area contributed by atoms with Gasteiger partial charge in [0, 0.05) is 29.1 Å². The van der Waals surface area contributed by atoms with E-state index in [2.05, 4.69) is 10.3 Å². The van der Waals surface area contributed by atoms with Crippen molar-refractivity contribution in [3.63, 3.8) is 0 Å². The molecule has 1 aromatic heterocycles. The van der Waals surface area contributed by atoms with Gasteiger partial charge in [-0.3, -0.25) is 0 Å². The Labute approximate surface area is 134 Å². The van der Waals surface area contributed by atoms with E-state index >= 15 is 0 Å². The molecule has 2 aromatic rings. The van der Waals surface area contributed by atoms with Gasteiger partial charge < -0.3 is 5.32 Å². The van der Waals surface area contributed by atoms with Gasteiger partial charge in [0.15, 0.2) is 5.82 Å². The van der Waals surface area contributed by atoms with Gasteiger partial charge in [-0.2, -0.15) is 0 Å². The number of fused-ring (bicyclic) bond motifs is 1. The molecule has 3 rings (SSSR count). The van der Waals surface area contributed by atoms with E-state index in [1.54, 1.807) is 6.07 Å². The van der Waals surface area contributed by atoms with Crippen LogP contribution in [0, 0.1) is 0 Å². The van der Waals surface area contributed by atoms with E-state index in [0.29, 0.717) is 21.9 Å². The van der Waals surface area contributed by atoms with Crippen molar-refractivity contribution in [1.82, 2.24) is 15.3 Å². The van der Waals surface area contributed by atoms with E-state index in [0.717, 1.165) is 24.1 Å². The maximum absolute atomic E-state index is 6.08. The van der Waals surface area contributed by atoms with Gasteiger partial charge in [0.25, 0.3) is 0 Å². The Morgan fingerprint density at radius 3 is 2.81 bits per heavy atom. The Hall–Kier alpha value is -1.16. The van der Waals surface area contributed by atoms with Crippen LogP contribution in [0.15, 0.2) is 24.4 Å². The van der Waals surface area contributed by atoms with Crippen LogP contribution < -0.4 is 5.32 Å². The molecule has 1 heterocycles. The SMILES string of the molecule is CNC1CCCCc2nc(-c3ccc(Cl)c(Cl)c3)ncc21. The average molecular weight is 322 g/mol. The first-order valence-electron chi connectivity index (χ1n) is 7.17. The first-order valence-corrected chi connectivity index (χ1v) is 7.93. The van der Waals surface area contributed by atoms with Gasteiger partial charge in [0.2, 0.25) is 0 Å². The Kier molecular flexibility index (Phi) is 4.43. The van der Waals surface area contributed by atoms with Gasteiger partial charge in [-0.05, 0) is 44.5 Å². The zero-order chi connectivity index (χ0) is 14.8. The number of hydrogen-bond donors (Lipinski definition) is 1. The minimum Gasteiger partial charge on any atom is -0.313 e. The fourth-order valence-corrected chi connectivity index (χ4v) is 3.09. The summed E-state index contributed by atoms with van der Waals surface area (Å²) in [6.07, 6.45) is 6.48. The number of benzene rings is 1. The van der Waals surface area contributed by atoms with Gasteiger partial charge in [-0.15, -0.1) is 0 Å². The molecule has 1 unspecified atom stereocenters. The van der Waals surface area contributed by atoms with E-state index < -0.39 is 0 Å². The van der Waals surface area contributed by atoms with Gasteiger partial charge in [-0.1, -0.05) is 29.6 Å². The van der Waals surface area contributed by atoms with E-state index in [1.807, 2.05) is 25.4 Å². The molecule has 1 atom stereocenters. The van der Waals surface area contributed by atoms with Crippen LogP contribution in [0.5, 0.6) is 0 Å². The fourth-order valence-electron chi connectivity index (χ4n) is 2.79. The molecule has 0 radical (unpaired) electrons. The van der Waals surface area contributed by atoms with E-state index in [1.165, 1.54) is 18.4 Å². The van der Waals surface area contributed by atoms with Crippen molar-refractivity contribution in [3.05, 3.63) is 45.7 Å². The first kappa shape index (κ1) is 14.8. The highest BCUT2D eigenvalue weighted by Crippen LogP contribution is 2.30. The molecule has 0 amide bonds. The van der Waals surface area contributed by atoms with Crippen molar-refractivity contribution in [2.45, 2.75) is 31.7 Å². The van der Waals surface area contributed by atoms with Gasteiger partial charge in [0.1, 0.15) is 0 Å². The fraction of sp³-hybridized carbons (Fsp3) is 0.375. The highest BCUT2D eigenvalue weighted by molar-refractivity contribution is 6.42. The lowest BCUT2D eigenvalue weighted by Crippen LogP contribution is -2.17. The van der Waals surface area contributed by atoms with Crippen LogP contribution in [-0.4, -0.2) is 17.0 Å². The largest absolute Gasteiger partial charge is 0.313 e. The van der Waals surface area contributed by atoms with Gasteiger partial charge in [0.05, 0.1) is 10.0 Å². The Morgan fingerprint density at radius 1 is 1.19 bits per heavy atom. The molecule has 0 fully saturated rings. The molecule has 1 aliphatic rings. The van der Waals surface area contributed by atoms with E-state index in [-0.39, 0.29) is 0 Å². The van der Waals surface area contributed by atoms with Gasteiger partial charge in [-0.25, -0.2) is 9.97 Å². The predicted octanol–water partition coefficient (Wildman–Crippen LogP) is 4.44. The molecule has 3 nitrogen and oxygen atoms in total. The third-order valence-corrected chi connectivity index (χ3v) is 4.70. The third kappa shape index (κ3) is 3.05. The Balaban J connectivity index is 2.02. The summed E-state index contributed by atoms with van der Waals surface area (Å²) < 4.78 is 0. The first-order chi connectivity index (χ1) is 10.2. The Bertz CT molecular complexity index is 658. The standard InChI is InChI=1S/C16H17Cl2N3/c1-19-14-4-2-3-5-15-11(14)9-20-16(21-15)10-6-7-12(17)13(18)8-10/h6-9,14,19H,2-5H2,1H3. The lowest BCUT2D eigenvalue weighted by molar-refractivity contribution is 0.532. The molecule has 0 spiro atoms. The van der Waals surface area contributed by atoms with Crippen molar-refractivity contribution in [1.29, 1.82) is 0 Å². The quantitative estimate of drug-likeness (QED) is 0.831. The normalized spacial score (nSPS) is 18.1. The maximum atomic E-state index is 6.08. The van der Waals surface area contributed by atoms with Gasteiger partial charge >= 0.3 is 0 Å². The van der Waals surface area contributed by atoms with Crippen LogP contribution in [0.3, 0.4) is 0 Å². The zero-order valence-electron chi connectivity index (χ0n) is 11.9. The maximum Gasteiger partial charge on any atom is 0.159 e. The predicted molar refractivity (Wildman–Crippen MR) is 86.8 cm³/mol. The molecule has 0 saturated carbocycles. The summed E-state index contributed by atoms with van der Waals surface area (Å²) in [6, 6.07) is 5.86. The second kappa shape index (κ2) is 6.30. The molecule has 0 saturated heterocycles. The zero-order valence-corrected chi connectivity index (χ0v) is 13.4. The van der Waals surface area contributed by atoms with Crippen LogP contribution in [0.1, 0.15) is 36.6 Å². The molecular weight excluding hydrogens is 305 g/mol. The summed E-state index contributed by atoms with van der Waals surface area (Å²) >= 11 is 12.0. The minimum absolute atomic E-state index is 0.352. The molecule has 1 aliphatic carbocycles. The lowest BCUT2D eigenvalue weighted by Gasteiger charge is -2.16. The molecule has 1 aromatic carbocycles. The summed E-state index contributed by atoms with van der Waals surface area (Å²) in [7, 11) is 1.99. The topological polar surface area (TPSA) is 37.8 Å². The monoisotopic (exact) mass is 321 g/mol. The van der Waals surface area contributed by atoms with Crippen molar-refractivity contribution < 1.29 is 0 Å². The van der Waals surface area contributed by atoms with Crippen LogP contribution >= 0.6 is 23.2 Å². The highest BCUT2D eigenvalue weighted by atomic mass is 35.5. The summed E-state index contributed by atoms with van der Waals surface area (Å²) in [5.41, 5.74) is 3.26. The number of rotatable bonds is 2. The number of nitrogens with zero attached hydrogens (tertiary/aromatic N) is 2. The van der Waals surface area contributed by atoms with Crippen LogP contribution in [0.2, 0.25) is 10.0 Å². The molecule has 21 heavy (non-hydrogen) atoms. The highest BCUT2D eigenvalue weighted by Gasteiger charge is 2.19. The van der Waals surface area contributed by atoms with E-state index in [4.69, 9.17) is 28.2 Å². The number of aromatic nitrogens is 2. The lowest BCUT2D eigenvalue weighted by atomic mass is 10.0. The molecule has 1 N–H and O–H groups in total. The average Bonchev–Trinajstić information content (AvgIpc) is 2.71. The van der Waals surface area contributed by atoms with Crippen molar-refractivity contribution in [2.24, 2.45) is 0 Å². The molecular formula is C16H17Cl2N3. The summed E-state index contributed by atoms with van der Waals surface area (Å²) in [5, 5.41) is 4.43. The molecule has 0 aliphatic heterocycles. The van der Waals surface area contributed by atoms with Crippen molar-refractivity contribution in [3.8, 4) is 11.4 Å². The summed E-state index contributed by atoms with van der Waals surface area (Å²) in [5.74, 6) is 0.712. The second-order valence-electron chi connectivity index (χ2n) is 5.31. The number of hydrogen-bond acceptors (Lipinski definition) is 3. The number of halogens is 2. The smallest absolute Gasteiger partial charge is 0.159 e.